The summed E-state index contributed by atoms with van der Waals surface area (Å²) in [4.78, 5) is 23.3. The third-order valence-electron chi connectivity index (χ3n) is 3.20. The molecule has 0 aliphatic carbocycles. The molecule has 1 aliphatic heterocycles. The highest BCUT2D eigenvalue weighted by Crippen LogP contribution is 2.17. The third kappa shape index (κ3) is 2.97. The van der Waals surface area contributed by atoms with Gasteiger partial charge in [0.2, 0.25) is 0 Å². The average molecular weight is 333 g/mol. The predicted octanol–water partition coefficient (Wildman–Crippen LogP) is 1.12. The number of aromatic nitrogens is 2. The van der Waals surface area contributed by atoms with Crippen molar-refractivity contribution in [2.24, 2.45) is 0 Å². The van der Waals surface area contributed by atoms with Gasteiger partial charge in [-0.15, -0.1) is 0 Å². The Morgan fingerprint density at radius 2 is 2.30 bits per heavy atom. The molecule has 0 saturated carbocycles. The number of likely N-dealkylation sites (N-methyl/N-ethyl adjacent to an activating group) is 1. The number of nitrogens with one attached hydrogen (secondary N) is 1. The molecule has 1 fully saturated rings. The number of thiocarbonyl (C=S) groups is 1. The normalized spacial score (nSPS) is 16.2. The number of rotatable bonds is 4. The fourth-order valence-corrected chi connectivity index (χ4v) is 2.21. The molecule has 118 valence electrons. The maximum absolute atomic E-state index is 11.9. The van der Waals surface area contributed by atoms with Gasteiger partial charge in [-0.1, -0.05) is 0 Å². The van der Waals surface area contributed by atoms with Crippen molar-refractivity contribution in [3.8, 4) is 0 Å². The number of carbonyl (C=O) groups excluding carboxylic acids is 1. The zero-order chi connectivity index (χ0) is 16.6. The second kappa shape index (κ2) is 5.65. The summed E-state index contributed by atoms with van der Waals surface area (Å²) in [6, 6.07) is 3.40. The van der Waals surface area contributed by atoms with Crippen molar-refractivity contribution in [3.05, 3.63) is 51.9 Å². The molecule has 1 N–H and O–H groups in total. The standard InChI is InChI=1S/C13H11N5O4S/c1-16-12(19)11(15-13(16)23)4-9-2-3-10(22-9)7-17-6-8(5-14-17)18(20)21/h2-6H,7H2,1H3,(H,15,23)/b11-4+. The fraction of sp³-hybridized carbons (Fsp3) is 0.154. The van der Waals surface area contributed by atoms with Gasteiger partial charge < -0.3 is 9.73 Å². The van der Waals surface area contributed by atoms with Gasteiger partial charge >= 0.3 is 5.69 Å². The molecule has 1 aliphatic rings. The molecule has 0 aromatic carbocycles. The van der Waals surface area contributed by atoms with Crippen LogP contribution < -0.4 is 5.32 Å². The highest BCUT2D eigenvalue weighted by Gasteiger charge is 2.27. The van der Waals surface area contributed by atoms with Crippen molar-refractivity contribution >= 4 is 35.0 Å². The molecule has 3 rings (SSSR count). The van der Waals surface area contributed by atoms with Crippen LogP contribution in [0.5, 0.6) is 0 Å². The molecule has 0 radical (unpaired) electrons. The predicted molar refractivity (Wildman–Crippen MR) is 83.2 cm³/mol. The first-order chi connectivity index (χ1) is 10.9. The SMILES string of the molecule is CN1C(=O)/C(=C\c2ccc(Cn3cc([N+](=O)[O-])cn3)o2)NC1=S. The van der Waals surface area contributed by atoms with Gasteiger partial charge in [-0.05, 0) is 24.4 Å². The van der Waals surface area contributed by atoms with Crippen molar-refractivity contribution in [2.45, 2.75) is 6.54 Å². The van der Waals surface area contributed by atoms with Crippen LogP contribution in [0.25, 0.3) is 6.08 Å². The molecule has 2 aromatic heterocycles. The van der Waals surface area contributed by atoms with Crippen molar-refractivity contribution < 1.29 is 14.1 Å². The zero-order valence-corrected chi connectivity index (χ0v) is 12.7. The number of amides is 1. The molecule has 3 heterocycles. The molecule has 1 amide bonds. The minimum Gasteiger partial charge on any atom is -0.460 e. The lowest BCUT2D eigenvalue weighted by Crippen LogP contribution is -2.25. The molecule has 9 nitrogen and oxygen atoms in total. The minimum absolute atomic E-state index is 0.0869. The highest BCUT2D eigenvalue weighted by molar-refractivity contribution is 7.80. The Bertz CT molecular complexity index is 837. The Labute approximate surface area is 135 Å². The summed E-state index contributed by atoms with van der Waals surface area (Å²) in [6.45, 7) is 0.247. The lowest BCUT2D eigenvalue weighted by molar-refractivity contribution is -0.385. The third-order valence-corrected chi connectivity index (χ3v) is 3.57. The lowest BCUT2D eigenvalue weighted by atomic mass is 10.3. The van der Waals surface area contributed by atoms with Gasteiger partial charge in [0.15, 0.2) is 5.11 Å². The topological polar surface area (TPSA) is 106 Å². The summed E-state index contributed by atoms with van der Waals surface area (Å²) in [5.41, 5.74) is 0.240. The first-order valence-corrected chi connectivity index (χ1v) is 6.91. The van der Waals surface area contributed by atoms with Gasteiger partial charge in [-0.3, -0.25) is 24.5 Å². The van der Waals surface area contributed by atoms with Crippen molar-refractivity contribution in [2.75, 3.05) is 7.05 Å². The average Bonchev–Trinajstić information content (AvgIpc) is 3.19. The number of hydrogen-bond donors (Lipinski definition) is 1. The molecule has 0 atom stereocenters. The first kappa shape index (κ1) is 14.9. The molecule has 23 heavy (non-hydrogen) atoms. The molecular formula is C13H11N5O4S. The van der Waals surface area contributed by atoms with E-state index in [0.717, 1.165) is 0 Å². The Balaban J connectivity index is 1.74. The summed E-state index contributed by atoms with van der Waals surface area (Å²) in [5, 5.41) is 17.6. The van der Waals surface area contributed by atoms with Crippen LogP contribution in [0.3, 0.4) is 0 Å². The van der Waals surface area contributed by atoms with Crippen LogP contribution in [-0.4, -0.2) is 37.7 Å². The van der Waals surface area contributed by atoms with E-state index in [4.69, 9.17) is 16.6 Å². The number of hydrogen-bond acceptors (Lipinski definition) is 6. The van der Waals surface area contributed by atoms with E-state index in [1.54, 1.807) is 25.3 Å². The quantitative estimate of drug-likeness (QED) is 0.387. The van der Waals surface area contributed by atoms with Gasteiger partial charge in [0.1, 0.15) is 29.6 Å². The second-order valence-corrected chi connectivity index (χ2v) is 5.20. The van der Waals surface area contributed by atoms with Crippen molar-refractivity contribution in [1.82, 2.24) is 20.0 Å². The van der Waals surface area contributed by atoms with Gasteiger partial charge in [0, 0.05) is 13.1 Å². The summed E-state index contributed by atoms with van der Waals surface area (Å²) in [7, 11) is 1.58. The van der Waals surface area contributed by atoms with Crippen LogP contribution >= 0.6 is 12.2 Å². The Hall–Kier alpha value is -3.01. The zero-order valence-electron chi connectivity index (χ0n) is 11.9. The first-order valence-electron chi connectivity index (χ1n) is 6.50. The second-order valence-electron chi connectivity index (χ2n) is 4.81. The van der Waals surface area contributed by atoms with Gasteiger partial charge in [-0.2, -0.15) is 5.10 Å². The fourth-order valence-electron chi connectivity index (χ4n) is 2.02. The molecular weight excluding hydrogens is 322 g/mol. The van der Waals surface area contributed by atoms with Crippen LogP contribution in [0, 0.1) is 10.1 Å². The molecule has 10 heteroatoms. The number of nitro groups is 1. The molecule has 0 unspecified atom stereocenters. The maximum Gasteiger partial charge on any atom is 0.307 e. The van der Waals surface area contributed by atoms with Gasteiger partial charge in [0.25, 0.3) is 5.91 Å². The minimum atomic E-state index is -0.516. The van der Waals surface area contributed by atoms with Crippen molar-refractivity contribution in [1.29, 1.82) is 0 Å². The summed E-state index contributed by atoms with van der Waals surface area (Å²) < 4.78 is 6.98. The van der Waals surface area contributed by atoms with E-state index in [1.165, 1.54) is 22.0 Å². The molecule has 0 spiro atoms. The highest BCUT2D eigenvalue weighted by atomic mass is 32.1. The van der Waals surface area contributed by atoms with Crippen LogP contribution in [0.15, 0.2) is 34.6 Å². The van der Waals surface area contributed by atoms with E-state index < -0.39 is 4.92 Å². The molecule has 0 bridgehead atoms. The Kier molecular flexibility index (Phi) is 3.66. The van der Waals surface area contributed by atoms with Gasteiger partial charge in [-0.25, -0.2) is 0 Å². The van der Waals surface area contributed by atoms with E-state index in [-0.39, 0.29) is 18.1 Å². The Morgan fingerprint density at radius 3 is 2.91 bits per heavy atom. The number of carbonyl (C=O) groups is 1. The van der Waals surface area contributed by atoms with E-state index in [1.807, 2.05) is 0 Å². The van der Waals surface area contributed by atoms with Crippen LogP contribution in [-0.2, 0) is 11.3 Å². The van der Waals surface area contributed by atoms with E-state index in [2.05, 4.69) is 10.4 Å². The summed E-state index contributed by atoms with van der Waals surface area (Å²) in [6.07, 6.45) is 4.03. The molecule has 1 saturated heterocycles. The smallest absolute Gasteiger partial charge is 0.307 e. The number of furan rings is 1. The van der Waals surface area contributed by atoms with Crippen LogP contribution in [0.1, 0.15) is 11.5 Å². The van der Waals surface area contributed by atoms with Crippen LogP contribution in [0.2, 0.25) is 0 Å². The summed E-state index contributed by atoms with van der Waals surface area (Å²) in [5.74, 6) is 0.780. The van der Waals surface area contributed by atoms with Crippen molar-refractivity contribution in [3.63, 3.8) is 0 Å². The van der Waals surface area contributed by atoms with Gasteiger partial charge in [0.05, 0.1) is 11.5 Å². The Morgan fingerprint density at radius 1 is 1.52 bits per heavy atom. The summed E-state index contributed by atoms with van der Waals surface area (Å²) >= 11 is 4.98. The maximum atomic E-state index is 11.9. The van der Waals surface area contributed by atoms with E-state index in [9.17, 15) is 14.9 Å². The lowest BCUT2D eigenvalue weighted by Gasteiger charge is -2.02. The molecule has 2 aromatic rings. The number of nitrogens with zero attached hydrogens (tertiary/aromatic N) is 4. The van der Waals surface area contributed by atoms with Crippen LogP contribution in [0.4, 0.5) is 5.69 Å². The van der Waals surface area contributed by atoms with E-state index >= 15 is 0 Å². The van der Waals surface area contributed by atoms with E-state index in [0.29, 0.717) is 22.3 Å². The monoisotopic (exact) mass is 333 g/mol. The largest absolute Gasteiger partial charge is 0.460 e.